The van der Waals surface area contributed by atoms with Crippen LogP contribution >= 0.6 is 15.9 Å². The van der Waals surface area contributed by atoms with Crippen molar-refractivity contribution in [3.63, 3.8) is 0 Å². The maximum Gasteiger partial charge on any atom is 0.270 e. The molecule has 0 spiro atoms. The fraction of sp³-hybridized carbons (Fsp3) is 0.571. The second kappa shape index (κ2) is 8.25. The van der Waals surface area contributed by atoms with Gasteiger partial charge in [0.1, 0.15) is 5.69 Å². The van der Waals surface area contributed by atoms with Crippen LogP contribution in [0.15, 0.2) is 22.8 Å². The number of rotatable bonds is 7. The number of nitrogens with one attached hydrogen (secondary N) is 1. The maximum atomic E-state index is 12.0. The first-order valence-electron chi connectivity index (χ1n) is 6.59. The molecular formula is C14H21BrN2O. The van der Waals surface area contributed by atoms with Crippen molar-refractivity contribution in [3.8, 4) is 0 Å². The van der Waals surface area contributed by atoms with Gasteiger partial charge in [0.25, 0.3) is 5.91 Å². The summed E-state index contributed by atoms with van der Waals surface area (Å²) in [6, 6.07) is 3.85. The third-order valence-corrected chi connectivity index (χ3v) is 3.31. The molecule has 0 aliphatic rings. The first-order chi connectivity index (χ1) is 8.67. The molecule has 1 aromatic rings. The summed E-state index contributed by atoms with van der Waals surface area (Å²) in [6.07, 6.45) is 7.12. The second-order valence-electron chi connectivity index (χ2n) is 4.46. The van der Waals surface area contributed by atoms with Crippen LogP contribution in [0.5, 0.6) is 0 Å². The monoisotopic (exact) mass is 312 g/mol. The van der Waals surface area contributed by atoms with Crippen molar-refractivity contribution in [2.45, 2.75) is 52.0 Å². The molecule has 0 saturated carbocycles. The zero-order valence-electron chi connectivity index (χ0n) is 11.1. The third-order valence-electron chi connectivity index (χ3n) is 2.84. The molecule has 4 heteroatoms. The molecule has 0 saturated heterocycles. The Hall–Kier alpha value is -0.900. The minimum atomic E-state index is -0.0722. The van der Waals surface area contributed by atoms with E-state index in [-0.39, 0.29) is 11.9 Å². The lowest BCUT2D eigenvalue weighted by molar-refractivity contribution is 0.0927. The number of unbranched alkanes of at least 4 members (excludes halogenated alkanes) is 1. The third kappa shape index (κ3) is 5.17. The van der Waals surface area contributed by atoms with E-state index in [4.69, 9.17) is 0 Å². The molecule has 1 N–H and O–H groups in total. The molecule has 100 valence electrons. The van der Waals surface area contributed by atoms with Crippen LogP contribution < -0.4 is 5.32 Å². The van der Waals surface area contributed by atoms with Crippen molar-refractivity contribution in [2.75, 3.05) is 0 Å². The van der Waals surface area contributed by atoms with Gasteiger partial charge >= 0.3 is 0 Å². The highest BCUT2D eigenvalue weighted by molar-refractivity contribution is 9.10. The van der Waals surface area contributed by atoms with E-state index < -0.39 is 0 Å². The topological polar surface area (TPSA) is 42.0 Å². The fourth-order valence-electron chi connectivity index (χ4n) is 1.86. The molecule has 1 amide bonds. The molecule has 0 fully saturated rings. The zero-order chi connectivity index (χ0) is 13.4. The minimum Gasteiger partial charge on any atom is -0.348 e. The van der Waals surface area contributed by atoms with E-state index in [1.165, 1.54) is 0 Å². The van der Waals surface area contributed by atoms with Gasteiger partial charge in [0.15, 0.2) is 0 Å². The summed E-state index contributed by atoms with van der Waals surface area (Å²) in [5, 5.41) is 3.07. The Bertz CT molecular complexity index is 365. The highest BCUT2D eigenvalue weighted by atomic mass is 79.9. The summed E-state index contributed by atoms with van der Waals surface area (Å²) < 4.78 is 0.884. The summed E-state index contributed by atoms with van der Waals surface area (Å²) in [6.45, 7) is 4.31. The van der Waals surface area contributed by atoms with Crippen LogP contribution in [-0.2, 0) is 0 Å². The van der Waals surface area contributed by atoms with E-state index in [2.05, 4.69) is 40.1 Å². The van der Waals surface area contributed by atoms with Gasteiger partial charge in [-0.25, -0.2) is 4.98 Å². The van der Waals surface area contributed by atoms with Crippen LogP contribution in [0, 0.1) is 0 Å². The van der Waals surface area contributed by atoms with Crippen LogP contribution in [0.2, 0.25) is 0 Å². The van der Waals surface area contributed by atoms with Crippen LogP contribution in [0.3, 0.4) is 0 Å². The molecule has 0 aromatic carbocycles. The number of nitrogens with zero attached hydrogens (tertiary/aromatic N) is 1. The Morgan fingerprint density at radius 2 is 2.11 bits per heavy atom. The predicted octanol–water partition coefficient (Wildman–Crippen LogP) is 3.93. The standard InChI is InChI=1S/C14H21BrN2O/c1-3-5-7-12(6-4-2)17-14(18)13-9-8-11(15)10-16-13/h8-10,12H,3-7H2,1-2H3,(H,17,18). The van der Waals surface area contributed by atoms with E-state index in [0.29, 0.717) is 5.69 Å². The van der Waals surface area contributed by atoms with Gasteiger partial charge < -0.3 is 5.32 Å². The lowest BCUT2D eigenvalue weighted by Gasteiger charge is -2.17. The van der Waals surface area contributed by atoms with Crippen LogP contribution in [0.25, 0.3) is 0 Å². The Kier molecular flexibility index (Phi) is 6.94. The second-order valence-corrected chi connectivity index (χ2v) is 5.38. The lowest BCUT2D eigenvalue weighted by atomic mass is 10.1. The summed E-state index contributed by atoms with van der Waals surface area (Å²) in [7, 11) is 0. The normalized spacial score (nSPS) is 12.2. The van der Waals surface area contributed by atoms with Gasteiger partial charge in [0, 0.05) is 16.7 Å². The molecule has 1 unspecified atom stereocenters. The smallest absolute Gasteiger partial charge is 0.270 e. The number of carbonyl (C=O) groups excluding carboxylic acids is 1. The van der Waals surface area contributed by atoms with Gasteiger partial charge in [0.05, 0.1) is 0 Å². The number of hydrogen-bond acceptors (Lipinski definition) is 2. The minimum absolute atomic E-state index is 0.0722. The molecule has 0 aliphatic carbocycles. The molecule has 3 nitrogen and oxygen atoms in total. The number of hydrogen-bond donors (Lipinski definition) is 1. The number of amides is 1. The molecule has 0 radical (unpaired) electrons. The number of carbonyl (C=O) groups is 1. The number of pyridine rings is 1. The predicted molar refractivity (Wildman–Crippen MR) is 77.6 cm³/mol. The fourth-order valence-corrected chi connectivity index (χ4v) is 2.09. The molecule has 18 heavy (non-hydrogen) atoms. The molecule has 1 heterocycles. The summed E-state index contributed by atoms with van der Waals surface area (Å²) in [4.78, 5) is 16.1. The molecule has 0 aliphatic heterocycles. The quantitative estimate of drug-likeness (QED) is 0.828. The summed E-state index contributed by atoms with van der Waals surface area (Å²) in [5.74, 6) is -0.0722. The van der Waals surface area contributed by atoms with Gasteiger partial charge in [-0.3, -0.25) is 4.79 Å². The molecule has 0 bridgehead atoms. The summed E-state index contributed by atoms with van der Waals surface area (Å²) >= 11 is 3.31. The van der Waals surface area contributed by atoms with Crippen molar-refractivity contribution in [2.24, 2.45) is 0 Å². The van der Waals surface area contributed by atoms with Crippen molar-refractivity contribution in [1.29, 1.82) is 0 Å². The average Bonchev–Trinajstić information content (AvgIpc) is 2.37. The number of halogens is 1. The Labute approximate surface area is 118 Å². The van der Waals surface area contributed by atoms with Crippen LogP contribution in [0.1, 0.15) is 56.4 Å². The van der Waals surface area contributed by atoms with E-state index in [1.54, 1.807) is 12.3 Å². The van der Waals surface area contributed by atoms with Crippen LogP contribution in [0.4, 0.5) is 0 Å². The molecule has 1 rings (SSSR count). The van der Waals surface area contributed by atoms with E-state index >= 15 is 0 Å². The SMILES string of the molecule is CCCCC(CCC)NC(=O)c1ccc(Br)cn1. The first-order valence-corrected chi connectivity index (χ1v) is 7.39. The first kappa shape index (κ1) is 15.2. The molecule has 1 atom stereocenters. The van der Waals surface area contributed by atoms with Gasteiger partial charge in [-0.1, -0.05) is 33.1 Å². The highest BCUT2D eigenvalue weighted by Gasteiger charge is 2.13. The van der Waals surface area contributed by atoms with Crippen molar-refractivity contribution >= 4 is 21.8 Å². The largest absolute Gasteiger partial charge is 0.348 e. The van der Waals surface area contributed by atoms with Crippen molar-refractivity contribution < 1.29 is 4.79 Å². The van der Waals surface area contributed by atoms with Gasteiger partial charge in [-0.05, 0) is 40.9 Å². The Balaban J connectivity index is 2.56. The highest BCUT2D eigenvalue weighted by Crippen LogP contribution is 2.10. The van der Waals surface area contributed by atoms with Gasteiger partial charge in [0.2, 0.25) is 0 Å². The zero-order valence-corrected chi connectivity index (χ0v) is 12.7. The lowest BCUT2D eigenvalue weighted by Crippen LogP contribution is -2.35. The van der Waals surface area contributed by atoms with E-state index in [9.17, 15) is 4.79 Å². The van der Waals surface area contributed by atoms with E-state index in [0.717, 1.165) is 36.6 Å². The number of aromatic nitrogens is 1. The van der Waals surface area contributed by atoms with E-state index in [1.807, 2.05) is 6.07 Å². The van der Waals surface area contributed by atoms with Gasteiger partial charge in [-0.15, -0.1) is 0 Å². The maximum absolute atomic E-state index is 12.0. The molecular weight excluding hydrogens is 292 g/mol. The van der Waals surface area contributed by atoms with Crippen molar-refractivity contribution in [1.82, 2.24) is 10.3 Å². The van der Waals surface area contributed by atoms with Crippen molar-refractivity contribution in [3.05, 3.63) is 28.5 Å². The summed E-state index contributed by atoms with van der Waals surface area (Å²) in [5.41, 5.74) is 0.482. The van der Waals surface area contributed by atoms with Crippen LogP contribution in [-0.4, -0.2) is 16.9 Å². The van der Waals surface area contributed by atoms with Gasteiger partial charge in [-0.2, -0.15) is 0 Å². The average molecular weight is 313 g/mol. The Morgan fingerprint density at radius 3 is 2.67 bits per heavy atom. The molecule has 1 aromatic heterocycles. The Morgan fingerprint density at radius 1 is 1.33 bits per heavy atom.